The van der Waals surface area contributed by atoms with Crippen molar-refractivity contribution in [2.45, 2.75) is 37.7 Å². The second-order valence-electron chi connectivity index (χ2n) is 8.34. The minimum absolute atomic E-state index is 0.0736. The van der Waals surface area contributed by atoms with Gasteiger partial charge in [-0.05, 0) is 50.2 Å². The monoisotopic (exact) mass is 481 g/mol. The molecule has 5 rings (SSSR count). The van der Waals surface area contributed by atoms with Gasteiger partial charge in [-0.3, -0.25) is 9.59 Å². The maximum Gasteiger partial charge on any atom is 0.247 e. The standard InChI is InChI=1S/C24H23N3O4S2/c1-14-12-26(13-15(2)30-14)24(32)33-20-11-21(28)27(23(20)29)17-9-7-16(8-10-17)22-25-18-5-3-4-6-19(18)31-22/h3-10,14-15,20H,11-13H2,1-2H3. The summed E-state index contributed by atoms with van der Waals surface area (Å²) in [5, 5.41) is -0.518. The summed E-state index contributed by atoms with van der Waals surface area (Å²) < 4.78 is 12.2. The van der Waals surface area contributed by atoms with Gasteiger partial charge in [-0.2, -0.15) is 0 Å². The van der Waals surface area contributed by atoms with E-state index in [0.29, 0.717) is 34.6 Å². The van der Waals surface area contributed by atoms with Gasteiger partial charge in [-0.25, -0.2) is 9.88 Å². The van der Waals surface area contributed by atoms with E-state index in [2.05, 4.69) is 9.88 Å². The number of imide groups is 1. The number of thiocarbonyl (C=S) groups is 1. The average molecular weight is 482 g/mol. The van der Waals surface area contributed by atoms with Crippen molar-refractivity contribution in [3.63, 3.8) is 0 Å². The lowest BCUT2D eigenvalue weighted by molar-refractivity contribution is -0.121. The normalized spacial score (nSPS) is 23.5. The Balaban J connectivity index is 1.29. The number of carbonyl (C=O) groups excluding carboxylic acids is 2. The molecule has 0 N–H and O–H groups in total. The van der Waals surface area contributed by atoms with E-state index in [4.69, 9.17) is 21.4 Å². The number of hydrogen-bond donors (Lipinski definition) is 0. The van der Waals surface area contributed by atoms with Crippen LogP contribution < -0.4 is 4.90 Å². The zero-order chi connectivity index (χ0) is 23.1. The molecule has 0 saturated carbocycles. The number of carbonyl (C=O) groups is 2. The van der Waals surface area contributed by atoms with Gasteiger partial charge in [0.15, 0.2) is 5.58 Å². The van der Waals surface area contributed by atoms with E-state index in [1.807, 2.05) is 50.2 Å². The zero-order valence-corrected chi connectivity index (χ0v) is 19.9. The van der Waals surface area contributed by atoms with E-state index in [1.54, 1.807) is 12.1 Å². The van der Waals surface area contributed by atoms with Gasteiger partial charge in [0.05, 0.1) is 17.9 Å². The second-order valence-corrected chi connectivity index (χ2v) is 10.2. The highest BCUT2D eigenvalue weighted by atomic mass is 32.2. The highest BCUT2D eigenvalue weighted by Gasteiger charge is 2.41. The van der Waals surface area contributed by atoms with Crippen LogP contribution in [0.3, 0.4) is 0 Å². The molecule has 2 aromatic carbocycles. The van der Waals surface area contributed by atoms with Gasteiger partial charge < -0.3 is 14.1 Å². The third-order valence-corrected chi connectivity index (χ3v) is 7.35. The van der Waals surface area contributed by atoms with E-state index in [1.165, 1.54) is 16.7 Å². The Morgan fingerprint density at radius 1 is 1.06 bits per heavy atom. The number of fused-ring (bicyclic) bond motifs is 1. The Morgan fingerprint density at radius 3 is 2.45 bits per heavy atom. The van der Waals surface area contributed by atoms with Crippen LogP contribution >= 0.6 is 24.0 Å². The molecule has 3 unspecified atom stereocenters. The summed E-state index contributed by atoms with van der Waals surface area (Å²) in [7, 11) is 0. The zero-order valence-electron chi connectivity index (χ0n) is 18.3. The molecule has 0 bridgehead atoms. The molecule has 9 heteroatoms. The van der Waals surface area contributed by atoms with Gasteiger partial charge in [-0.15, -0.1) is 0 Å². The SMILES string of the molecule is CC1CN(C(=S)SC2CC(=O)N(c3ccc(-c4nc5ccccc5o4)cc3)C2=O)CC(C)O1. The molecule has 2 saturated heterocycles. The maximum atomic E-state index is 13.1. The van der Waals surface area contributed by atoms with E-state index < -0.39 is 5.25 Å². The van der Waals surface area contributed by atoms with Crippen LogP contribution in [-0.4, -0.2) is 56.6 Å². The molecule has 2 aliphatic rings. The number of benzene rings is 2. The van der Waals surface area contributed by atoms with Crippen molar-refractivity contribution < 1.29 is 18.7 Å². The van der Waals surface area contributed by atoms with E-state index >= 15 is 0 Å². The fourth-order valence-electron chi connectivity index (χ4n) is 4.24. The Labute approximate surface area is 201 Å². The van der Waals surface area contributed by atoms with Gasteiger partial charge in [0.25, 0.3) is 0 Å². The molecule has 1 aromatic heterocycles. The lowest BCUT2D eigenvalue weighted by Gasteiger charge is -2.36. The quantitative estimate of drug-likeness (QED) is 0.406. The number of aromatic nitrogens is 1. The fraction of sp³-hybridized carbons (Fsp3) is 0.333. The van der Waals surface area contributed by atoms with E-state index in [-0.39, 0.29) is 30.4 Å². The minimum atomic E-state index is -0.518. The number of ether oxygens (including phenoxy) is 1. The smallest absolute Gasteiger partial charge is 0.247 e. The van der Waals surface area contributed by atoms with Crippen molar-refractivity contribution in [3.05, 3.63) is 48.5 Å². The molecule has 0 spiro atoms. The summed E-state index contributed by atoms with van der Waals surface area (Å²) in [5.41, 5.74) is 2.80. The van der Waals surface area contributed by atoms with Crippen LogP contribution in [0.4, 0.5) is 5.69 Å². The summed E-state index contributed by atoms with van der Waals surface area (Å²) in [6.07, 6.45) is 0.278. The number of thioether (sulfide) groups is 1. The van der Waals surface area contributed by atoms with Crippen LogP contribution in [0.1, 0.15) is 20.3 Å². The van der Waals surface area contributed by atoms with Crippen LogP contribution in [0.2, 0.25) is 0 Å². The Bertz CT molecular complexity index is 1180. The van der Waals surface area contributed by atoms with Crippen molar-refractivity contribution in [1.29, 1.82) is 0 Å². The number of para-hydroxylation sites is 2. The predicted molar refractivity (Wildman–Crippen MR) is 132 cm³/mol. The molecular weight excluding hydrogens is 458 g/mol. The second kappa shape index (κ2) is 8.89. The number of anilines is 1. The molecule has 2 fully saturated rings. The molecule has 3 aromatic rings. The van der Waals surface area contributed by atoms with Crippen LogP contribution in [0.25, 0.3) is 22.6 Å². The van der Waals surface area contributed by atoms with Gasteiger partial charge in [0, 0.05) is 25.1 Å². The summed E-state index contributed by atoms with van der Waals surface area (Å²) >= 11 is 6.89. The summed E-state index contributed by atoms with van der Waals surface area (Å²) in [4.78, 5) is 33.6. The third-order valence-electron chi connectivity index (χ3n) is 5.69. The number of rotatable bonds is 3. The summed E-state index contributed by atoms with van der Waals surface area (Å²) in [6.45, 7) is 5.39. The van der Waals surface area contributed by atoms with Crippen LogP contribution in [0, 0.1) is 0 Å². The van der Waals surface area contributed by atoms with Crippen molar-refractivity contribution in [1.82, 2.24) is 9.88 Å². The van der Waals surface area contributed by atoms with Crippen LogP contribution in [-0.2, 0) is 14.3 Å². The van der Waals surface area contributed by atoms with E-state index in [0.717, 1.165) is 11.1 Å². The highest BCUT2D eigenvalue weighted by molar-refractivity contribution is 8.23. The molecule has 2 amide bonds. The molecular formula is C24H23N3O4S2. The topological polar surface area (TPSA) is 75.9 Å². The first-order chi connectivity index (χ1) is 15.9. The summed E-state index contributed by atoms with van der Waals surface area (Å²) in [6, 6.07) is 14.7. The largest absolute Gasteiger partial charge is 0.436 e. The Kier molecular flexibility index (Phi) is 5.94. The van der Waals surface area contributed by atoms with Crippen LogP contribution in [0.15, 0.2) is 52.9 Å². The lowest BCUT2D eigenvalue weighted by Crippen LogP contribution is -2.47. The minimum Gasteiger partial charge on any atom is -0.436 e. The third kappa shape index (κ3) is 4.40. The fourth-order valence-corrected chi connectivity index (χ4v) is 5.71. The number of amides is 2. The number of morpholine rings is 1. The van der Waals surface area contributed by atoms with Gasteiger partial charge in [-0.1, -0.05) is 36.1 Å². The molecule has 33 heavy (non-hydrogen) atoms. The molecule has 2 aliphatic heterocycles. The van der Waals surface area contributed by atoms with E-state index in [9.17, 15) is 9.59 Å². The summed E-state index contributed by atoms with van der Waals surface area (Å²) in [5.74, 6) is 0.0320. The molecule has 3 atom stereocenters. The van der Waals surface area contributed by atoms with Crippen molar-refractivity contribution >= 4 is 56.9 Å². The van der Waals surface area contributed by atoms with Gasteiger partial charge >= 0.3 is 0 Å². The number of hydrogen-bond acceptors (Lipinski definition) is 7. The first-order valence-electron chi connectivity index (χ1n) is 10.8. The predicted octanol–water partition coefficient (Wildman–Crippen LogP) is 4.25. The maximum absolute atomic E-state index is 13.1. The first-order valence-corrected chi connectivity index (χ1v) is 12.1. The molecule has 3 heterocycles. The number of nitrogens with zero attached hydrogens (tertiary/aromatic N) is 3. The molecule has 7 nitrogen and oxygen atoms in total. The van der Waals surface area contributed by atoms with Gasteiger partial charge in [0.2, 0.25) is 17.7 Å². The molecule has 0 aliphatic carbocycles. The van der Waals surface area contributed by atoms with Crippen molar-refractivity contribution in [2.24, 2.45) is 0 Å². The highest BCUT2D eigenvalue weighted by Crippen LogP contribution is 2.33. The average Bonchev–Trinajstić information content (AvgIpc) is 3.34. The molecule has 0 radical (unpaired) electrons. The van der Waals surface area contributed by atoms with Crippen molar-refractivity contribution in [2.75, 3.05) is 18.0 Å². The van der Waals surface area contributed by atoms with Gasteiger partial charge in [0.1, 0.15) is 15.1 Å². The number of oxazole rings is 1. The van der Waals surface area contributed by atoms with Crippen molar-refractivity contribution in [3.8, 4) is 11.5 Å². The Hall–Kier alpha value is -2.75. The molecule has 170 valence electrons. The first kappa shape index (κ1) is 22.1. The lowest BCUT2D eigenvalue weighted by atomic mass is 10.2. The van der Waals surface area contributed by atoms with Crippen LogP contribution in [0.5, 0.6) is 0 Å². The Morgan fingerprint density at radius 2 is 1.76 bits per heavy atom.